The number of fused-ring (bicyclic) bond motifs is 1. The van der Waals surface area contributed by atoms with Crippen molar-refractivity contribution >= 4 is 11.8 Å². The molecule has 26 heavy (non-hydrogen) atoms. The molecule has 0 saturated carbocycles. The van der Waals surface area contributed by atoms with Crippen LogP contribution in [0.1, 0.15) is 34.6 Å². The summed E-state index contributed by atoms with van der Waals surface area (Å²) in [5.41, 5.74) is 1.40. The van der Waals surface area contributed by atoms with E-state index in [4.69, 9.17) is 18.9 Å². The van der Waals surface area contributed by atoms with Crippen molar-refractivity contribution in [2.75, 3.05) is 14.2 Å². The van der Waals surface area contributed by atoms with Gasteiger partial charge < -0.3 is 18.9 Å². The maximum Gasteiger partial charge on any atom is 0.351 e. The number of Topliss-reactive ketones (excluding diaryl/α,β-unsaturated/α-hetero) is 1. The molecule has 2 aromatic carbocycles. The molecule has 0 unspecified atom stereocenters. The monoisotopic (exact) mass is 354 g/mol. The fraction of sp³-hybridized carbons (Fsp3) is 0.200. The van der Waals surface area contributed by atoms with Gasteiger partial charge in [-0.15, -0.1) is 0 Å². The maximum atomic E-state index is 12.6. The van der Waals surface area contributed by atoms with Crippen molar-refractivity contribution in [2.24, 2.45) is 0 Å². The van der Waals surface area contributed by atoms with Crippen molar-refractivity contribution in [1.82, 2.24) is 0 Å². The van der Waals surface area contributed by atoms with Crippen LogP contribution in [0.2, 0.25) is 0 Å². The summed E-state index contributed by atoms with van der Waals surface area (Å²) in [4.78, 5) is 24.8. The Morgan fingerprint density at radius 1 is 1.00 bits per heavy atom. The Morgan fingerprint density at radius 3 is 2.23 bits per heavy atom. The first-order chi connectivity index (χ1) is 12.5. The van der Waals surface area contributed by atoms with E-state index in [0.717, 1.165) is 5.57 Å². The maximum absolute atomic E-state index is 12.6. The molecule has 0 amide bonds. The molecule has 1 aliphatic heterocycles. The van der Waals surface area contributed by atoms with E-state index in [1.165, 1.54) is 20.3 Å². The second-order valence-electron chi connectivity index (χ2n) is 5.85. The van der Waals surface area contributed by atoms with Crippen molar-refractivity contribution in [2.45, 2.75) is 13.8 Å². The SMILES string of the molecule is COc1cccc(OC)c1C(=O)Oc1ccc2c(c1)OC(=C(C)C)C2=O. The Kier molecular flexibility index (Phi) is 4.67. The van der Waals surface area contributed by atoms with Gasteiger partial charge in [0.2, 0.25) is 5.78 Å². The third-order valence-corrected chi connectivity index (χ3v) is 3.91. The minimum Gasteiger partial charge on any atom is -0.496 e. The number of methoxy groups -OCH3 is 2. The number of ether oxygens (including phenoxy) is 4. The third-order valence-electron chi connectivity index (χ3n) is 3.91. The largest absolute Gasteiger partial charge is 0.496 e. The molecule has 6 nitrogen and oxygen atoms in total. The van der Waals surface area contributed by atoms with E-state index < -0.39 is 5.97 Å². The lowest BCUT2D eigenvalue weighted by atomic mass is 10.1. The van der Waals surface area contributed by atoms with Gasteiger partial charge in [0.05, 0.1) is 19.8 Å². The van der Waals surface area contributed by atoms with Gasteiger partial charge in [-0.1, -0.05) is 6.07 Å². The van der Waals surface area contributed by atoms with Crippen molar-refractivity contribution in [3.05, 3.63) is 58.9 Å². The number of carbonyl (C=O) groups is 2. The van der Waals surface area contributed by atoms with Crippen LogP contribution < -0.4 is 18.9 Å². The number of ketones is 1. The Labute approximate surface area is 150 Å². The molecule has 6 heteroatoms. The Hall–Kier alpha value is -3.28. The summed E-state index contributed by atoms with van der Waals surface area (Å²) in [5.74, 6) is 0.792. The van der Waals surface area contributed by atoms with Gasteiger partial charge in [0.1, 0.15) is 28.6 Å². The number of carbonyl (C=O) groups excluding carboxylic acids is 2. The van der Waals surface area contributed by atoms with Crippen LogP contribution >= 0.6 is 0 Å². The normalized spacial score (nSPS) is 12.3. The fourth-order valence-corrected chi connectivity index (χ4v) is 2.66. The molecule has 0 fully saturated rings. The second-order valence-corrected chi connectivity index (χ2v) is 5.85. The molecular weight excluding hydrogens is 336 g/mol. The lowest BCUT2D eigenvalue weighted by Gasteiger charge is -2.12. The minimum atomic E-state index is -0.633. The highest BCUT2D eigenvalue weighted by molar-refractivity contribution is 6.12. The zero-order chi connectivity index (χ0) is 18.8. The number of benzene rings is 2. The van der Waals surface area contributed by atoms with E-state index in [2.05, 4.69) is 0 Å². The van der Waals surface area contributed by atoms with Crippen LogP contribution in [0.4, 0.5) is 0 Å². The Bertz CT molecular complexity index is 900. The molecule has 0 radical (unpaired) electrons. The van der Waals surface area contributed by atoms with Crippen LogP contribution in [-0.4, -0.2) is 26.0 Å². The molecule has 0 saturated heterocycles. The topological polar surface area (TPSA) is 71.1 Å². The molecule has 1 aliphatic rings. The summed E-state index contributed by atoms with van der Waals surface area (Å²) in [7, 11) is 2.92. The zero-order valence-corrected chi connectivity index (χ0v) is 14.9. The summed E-state index contributed by atoms with van der Waals surface area (Å²) in [5, 5.41) is 0. The molecule has 3 rings (SSSR count). The summed E-state index contributed by atoms with van der Waals surface area (Å²) in [6.07, 6.45) is 0. The highest BCUT2D eigenvalue weighted by Gasteiger charge is 2.29. The third kappa shape index (κ3) is 3.01. The average Bonchev–Trinajstić information content (AvgIpc) is 2.97. The summed E-state index contributed by atoms with van der Waals surface area (Å²) in [6.45, 7) is 3.60. The number of rotatable bonds is 4. The van der Waals surface area contributed by atoms with Crippen LogP contribution in [0, 0.1) is 0 Å². The van der Waals surface area contributed by atoms with Gasteiger partial charge in [-0.3, -0.25) is 4.79 Å². The average molecular weight is 354 g/mol. The number of hydrogen-bond acceptors (Lipinski definition) is 6. The molecular formula is C20H18O6. The number of hydrogen-bond donors (Lipinski definition) is 0. The molecule has 0 aromatic heterocycles. The first kappa shape index (κ1) is 17.5. The standard InChI is InChI=1S/C20H18O6/c1-11(2)19-18(21)13-9-8-12(10-16(13)26-19)25-20(22)17-14(23-3)6-5-7-15(17)24-4/h5-10H,1-4H3. The van der Waals surface area contributed by atoms with Crippen molar-refractivity contribution in [1.29, 1.82) is 0 Å². The number of allylic oxidation sites excluding steroid dienone is 2. The van der Waals surface area contributed by atoms with E-state index in [1.807, 2.05) is 0 Å². The lowest BCUT2D eigenvalue weighted by molar-refractivity contribution is 0.0727. The first-order valence-corrected chi connectivity index (χ1v) is 7.93. The summed E-state index contributed by atoms with van der Waals surface area (Å²) >= 11 is 0. The summed E-state index contributed by atoms with van der Waals surface area (Å²) < 4.78 is 21.5. The van der Waals surface area contributed by atoms with Crippen LogP contribution in [0.25, 0.3) is 0 Å². The molecule has 134 valence electrons. The van der Waals surface area contributed by atoms with E-state index in [1.54, 1.807) is 44.2 Å². The molecule has 0 atom stereocenters. The van der Waals surface area contributed by atoms with E-state index in [9.17, 15) is 9.59 Å². The van der Waals surface area contributed by atoms with Gasteiger partial charge >= 0.3 is 5.97 Å². The predicted molar refractivity (Wildman–Crippen MR) is 94.3 cm³/mol. The van der Waals surface area contributed by atoms with Crippen LogP contribution in [-0.2, 0) is 0 Å². The van der Waals surface area contributed by atoms with E-state index in [0.29, 0.717) is 28.6 Å². The second kappa shape index (κ2) is 6.92. The van der Waals surface area contributed by atoms with Gasteiger partial charge in [0.15, 0.2) is 5.76 Å². The van der Waals surface area contributed by atoms with Gasteiger partial charge in [-0.25, -0.2) is 4.79 Å². The van der Waals surface area contributed by atoms with Gasteiger partial charge in [-0.2, -0.15) is 0 Å². The Balaban J connectivity index is 1.91. The molecule has 0 bridgehead atoms. The molecule has 0 N–H and O–H groups in total. The van der Waals surface area contributed by atoms with Crippen molar-refractivity contribution in [3.8, 4) is 23.0 Å². The van der Waals surface area contributed by atoms with Crippen molar-refractivity contribution in [3.63, 3.8) is 0 Å². The minimum absolute atomic E-state index is 0.177. The Morgan fingerprint density at radius 2 is 1.65 bits per heavy atom. The highest BCUT2D eigenvalue weighted by Crippen LogP contribution is 2.36. The molecule has 2 aromatic rings. The zero-order valence-electron chi connectivity index (χ0n) is 14.9. The lowest BCUT2D eigenvalue weighted by Crippen LogP contribution is -2.12. The molecule has 0 aliphatic carbocycles. The highest BCUT2D eigenvalue weighted by atomic mass is 16.5. The molecule has 1 heterocycles. The van der Waals surface area contributed by atoms with Crippen LogP contribution in [0.3, 0.4) is 0 Å². The summed E-state index contributed by atoms with van der Waals surface area (Å²) in [6, 6.07) is 9.64. The van der Waals surface area contributed by atoms with Crippen LogP contribution in [0.15, 0.2) is 47.7 Å². The quantitative estimate of drug-likeness (QED) is 0.473. The van der Waals surface area contributed by atoms with Gasteiger partial charge in [-0.05, 0) is 43.7 Å². The van der Waals surface area contributed by atoms with E-state index >= 15 is 0 Å². The van der Waals surface area contributed by atoms with E-state index in [-0.39, 0.29) is 17.1 Å². The first-order valence-electron chi connectivity index (χ1n) is 7.93. The fourth-order valence-electron chi connectivity index (χ4n) is 2.66. The smallest absolute Gasteiger partial charge is 0.351 e. The van der Waals surface area contributed by atoms with Crippen LogP contribution in [0.5, 0.6) is 23.0 Å². The van der Waals surface area contributed by atoms with Crippen molar-refractivity contribution < 1.29 is 28.5 Å². The number of esters is 1. The van der Waals surface area contributed by atoms with Gasteiger partial charge in [0, 0.05) is 6.07 Å². The predicted octanol–water partition coefficient (Wildman–Crippen LogP) is 3.79. The van der Waals surface area contributed by atoms with Gasteiger partial charge in [0.25, 0.3) is 0 Å². The molecule has 0 spiro atoms.